The number of benzene rings is 1. The number of imidazole rings is 1. The first kappa shape index (κ1) is 25.8. The number of aliphatic carboxylic acids is 2. The molecule has 29 heavy (non-hydrogen) atoms. The predicted octanol–water partition coefficient (Wildman–Crippen LogP) is 2.61. The highest BCUT2D eigenvalue weighted by molar-refractivity contribution is 6.05. The number of nitrogens with zero attached hydrogens (tertiary/aromatic N) is 2. The Labute approximate surface area is 169 Å². The van der Waals surface area contributed by atoms with E-state index >= 15 is 0 Å². The Morgan fingerprint density at radius 3 is 2.21 bits per heavy atom. The van der Waals surface area contributed by atoms with Crippen LogP contribution in [-0.2, 0) is 22.6 Å². The molecule has 1 heterocycles. The molecule has 0 fully saturated rings. The van der Waals surface area contributed by atoms with Crippen LogP contribution in [0.5, 0.6) is 0 Å². The number of anilines is 1. The summed E-state index contributed by atoms with van der Waals surface area (Å²) < 4.78 is 1.31. The summed E-state index contributed by atoms with van der Waals surface area (Å²) in [5, 5.41) is 20.0. The van der Waals surface area contributed by atoms with E-state index in [-0.39, 0.29) is 29.8 Å². The van der Waals surface area contributed by atoms with Gasteiger partial charge in [0.2, 0.25) is 0 Å². The lowest BCUT2D eigenvalue weighted by Gasteiger charge is -2.07. The van der Waals surface area contributed by atoms with E-state index < -0.39 is 17.8 Å². The molecule has 9 heteroatoms. The Hall–Kier alpha value is -3.20. The third kappa shape index (κ3) is 10.1. The van der Waals surface area contributed by atoms with Gasteiger partial charge in [0, 0.05) is 11.8 Å². The molecule has 9 nitrogen and oxygen atoms in total. The van der Waals surface area contributed by atoms with Crippen LogP contribution in [0, 0.1) is 0 Å². The highest BCUT2D eigenvalue weighted by Gasteiger charge is 2.14. The summed E-state index contributed by atoms with van der Waals surface area (Å²) in [7, 11) is 0. The lowest BCUT2D eigenvalue weighted by Crippen LogP contribution is -2.16. The smallest absolute Gasteiger partial charge is 0.323 e. The number of nitrogens with one attached hydrogen (secondary N) is 1. The van der Waals surface area contributed by atoms with Crippen molar-refractivity contribution in [3.8, 4) is 0 Å². The van der Waals surface area contributed by atoms with Crippen LogP contribution in [0.4, 0.5) is 5.82 Å². The third-order valence-corrected chi connectivity index (χ3v) is 3.75. The predicted molar refractivity (Wildman–Crippen MR) is 109 cm³/mol. The van der Waals surface area contributed by atoms with Crippen LogP contribution in [0.2, 0.25) is 0 Å². The number of hydrogen-bond donors (Lipinski definition) is 3. The van der Waals surface area contributed by atoms with Crippen molar-refractivity contribution in [1.29, 1.82) is 0 Å². The zero-order valence-corrected chi connectivity index (χ0v) is 16.7. The first-order valence-corrected chi connectivity index (χ1v) is 9.21. The zero-order valence-electron chi connectivity index (χ0n) is 16.7. The van der Waals surface area contributed by atoms with Crippen LogP contribution in [0.1, 0.15) is 55.5 Å². The minimum atomic E-state index is -1.04. The number of hydrogen-bond acceptors (Lipinski definition) is 4. The quantitative estimate of drug-likeness (QED) is 0.543. The maximum absolute atomic E-state index is 12.2. The van der Waals surface area contributed by atoms with Gasteiger partial charge in [-0.25, -0.2) is 4.98 Å². The summed E-state index contributed by atoms with van der Waals surface area (Å²) in [4.78, 5) is 37.4. The molecule has 0 saturated carbocycles. The fraction of sp³-hybridized carbons (Fsp3) is 0.400. The van der Waals surface area contributed by atoms with E-state index in [0.29, 0.717) is 5.56 Å². The SMILES string of the molecule is CCCCCC.O.O=C(O)Cc1ccccc1C(=O)Nc1cn(CC(=O)O)cn1. The van der Waals surface area contributed by atoms with Gasteiger partial charge in [0.15, 0.2) is 5.82 Å². The van der Waals surface area contributed by atoms with Crippen LogP contribution >= 0.6 is 0 Å². The molecule has 0 aliphatic rings. The molecule has 0 spiro atoms. The number of carboxylic acids is 2. The van der Waals surface area contributed by atoms with Gasteiger partial charge >= 0.3 is 11.9 Å². The number of amides is 1. The van der Waals surface area contributed by atoms with Gasteiger partial charge in [0.05, 0.1) is 12.7 Å². The number of carboxylic acid groups (broad SMARTS) is 2. The van der Waals surface area contributed by atoms with Crippen LogP contribution in [0.15, 0.2) is 36.8 Å². The van der Waals surface area contributed by atoms with Crippen molar-refractivity contribution < 1.29 is 30.1 Å². The molecule has 0 saturated heterocycles. The van der Waals surface area contributed by atoms with Gasteiger partial charge < -0.3 is 25.6 Å². The van der Waals surface area contributed by atoms with Gasteiger partial charge in [-0.15, -0.1) is 0 Å². The molecule has 2 rings (SSSR count). The van der Waals surface area contributed by atoms with Gasteiger partial charge in [-0.2, -0.15) is 0 Å². The number of carbonyl (C=O) groups is 3. The number of aromatic nitrogens is 2. The lowest BCUT2D eigenvalue weighted by molar-refractivity contribution is -0.138. The fourth-order valence-electron chi connectivity index (χ4n) is 2.41. The molecular weight excluding hydrogens is 378 g/mol. The van der Waals surface area contributed by atoms with Crippen LogP contribution in [0.25, 0.3) is 0 Å². The molecule has 1 amide bonds. The van der Waals surface area contributed by atoms with Crippen LogP contribution in [-0.4, -0.2) is 43.1 Å². The van der Waals surface area contributed by atoms with Crippen LogP contribution in [0.3, 0.4) is 0 Å². The zero-order chi connectivity index (χ0) is 20.9. The Kier molecular flexibility index (Phi) is 12.4. The standard InChI is InChI=1S/C14H13N3O5.C6H14.H2O/c18-12(19)5-9-3-1-2-4-10(9)14(22)16-11-6-17(8-15-11)7-13(20)21;1-3-5-6-4-2;/h1-4,6,8H,5,7H2,(H,16,22)(H,18,19)(H,20,21);3-6H2,1-2H3;1H2. The molecule has 160 valence electrons. The lowest BCUT2D eigenvalue weighted by atomic mass is 10.0. The second kappa shape index (κ2) is 13.9. The van der Waals surface area contributed by atoms with Gasteiger partial charge in [0.25, 0.3) is 5.91 Å². The minimum Gasteiger partial charge on any atom is -0.481 e. The molecule has 1 aromatic heterocycles. The summed E-state index contributed by atoms with van der Waals surface area (Å²) in [5.74, 6) is -2.37. The van der Waals surface area contributed by atoms with E-state index in [1.807, 2.05) is 0 Å². The summed E-state index contributed by atoms with van der Waals surface area (Å²) in [6, 6.07) is 6.36. The summed E-state index contributed by atoms with van der Waals surface area (Å²) in [6.45, 7) is 4.20. The number of rotatable bonds is 9. The molecule has 2 aromatic rings. The monoisotopic (exact) mass is 407 g/mol. The number of carbonyl (C=O) groups excluding carboxylic acids is 1. The Morgan fingerprint density at radius 2 is 1.66 bits per heavy atom. The first-order valence-electron chi connectivity index (χ1n) is 9.21. The van der Waals surface area contributed by atoms with E-state index in [9.17, 15) is 14.4 Å². The van der Waals surface area contributed by atoms with Crippen molar-refractivity contribution in [2.45, 2.75) is 52.5 Å². The van der Waals surface area contributed by atoms with Gasteiger partial charge in [-0.1, -0.05) is 57.7 Å². The first-order chi connectivity index (χ1) is 13.4. The molecule has 0 bridgehead atoms. The highest BCUT2D eigenvalue weighted by Crippen LogP contribution is 2.12. The Morgan fingerprint density at radius 1 is 1.03 bits per heavy atom. The van der Waals surface area contributed by atoms with Crippen LogP contribution < -0.4 is 5.32 Å². The third-order valence-electron chi connectivity index (χ3n) is 3.75. The number of unbranched alkanes of at least 4 members (excludes halogenated alkanes) is 3. The van der Waals surface area contributed by atoms with Crippen molar-refractivity contribution >= 4 is 23.7 Å². The van der Waals surface area contributed by atoms with Gasteiger partial charge in [0.1, 0.15) is 6.54 Å². The van der Waals surface area contributed by atoms with Crippen molar-refractivity contribution in [3.63, 3.8) is 0 Å². The second-order valence-corrected chi connectivity index (χ2v) is 6.21. The fourth-order valence-corrected chi connectivity index (χ4v) is 2.41. The summed E-state index contributed by atoms with van der Waals surface area (Å²) >= 11 is 0. The van der Waals surface area contributed by atoms with E-state index in [1.165, 1.54) is 48.8 Å². The average Bonchev–Trinajstić information content (AvgIpc) is 3.06. The molecule has 0 unspecified atom stereocenters. The maximum atomic E-state index is 12.2. The average molecular weight is 407 g/mol. The summed E-state index contributed by atoms with van der Waals surface area (Å²) in [6.07, 6.45) is 7.93. The Bertz CT molecular complexity index is 784. The van der Waals surface area contributed by atoms with Crippen molar-refractivity contribution in [2.24, 2.45) is 0 Å². The maximum Gasteiger partial charge on any atom is 0.323 e. The normalized spacial score (nSPS) is 9.59. The summed E-state index contributed by atoms with van der Waals surface area (Å²) in [5.41, 5.74) is 0.621. The van der Waals surface area contributed by atoms with E-state index in [0.717, 1.165) is 0 Å². The van der Waals surface area contributed by atoms with E-state index in [1.54, 1.807) is 18.2 Å². The second-order valence-electron chi connectivity index (χ2n) is 6.21. The molecule has 0 atom stereocenters. The molecule has 5 N–H and O–H groups in total. The molecular formula is C20H29N3O6. The van der Waals surface area contributed by atoms with Gasteiger partial charge in [-0.3, -0.25) is 14.4 Å². The highest BCUT2D eigenvalue weighted by atomic mass is 16.4. The minimum absolute atomic E-state index is 0. The van der Waals surface area contributed by atoms with E-state index in [2.05, 4.69) is 24.1 Å². The van der Waals surface area contributed by atoms with Crippen molar-refractivity contribution in [1.82, 2.24) is 9.55 Å². The molecule has 0 radical (unpaired) electrons. The largest absolute Gasteiger partial charge is 0.481 e. The van der Waals surface area contributed by atoms with Gasteiger partial charge in [-0.05, 0) is 11.6 Å². The van der Waals surface area contributed by atoms with Crippen molar-refractivity contribution in [3.05, 3.63) is 47.9 Å². The topological polar surface area (TPSA) is 153 Å². The molecule has 1 aromatic carbocycles. The Balaban J connectivity index is 0.000000981. The molecule has 0 aliphatic heterocycles. The van der Waals surface area contributed by atoms with E-state index in [4.69, 9.17) is 10.2 Å². The molecule has 0 aliphatic carbocycles. The van der Waals surface area contributed by atoms with Crippen molar-refractivity contribution in [2.75, 3.05) is 5.32 Å².